The molecule has 2 fully saturated rings. The molecule has 9 heteroatoms. The number of rotatable bonds is 2. The number of urea groups is 1. The zero-order valence-corrected chi connectivity index (χ0v) is 15.1. The standard InChI is InChI=1S/C18H20N4O5/c1-10(2)21-16(24)18(15(23)19-17(21)25)9-11-8-12(22(26)27)5-6-13(11)20-7-3-4-14(18)20/h5-6,8,10,14H,3-4,7,9H2,1-2H3,(H,19,23,25). The molecule has 27 heavy (non-hydrogen) atoms. The number of hydrogen-bond donors (Lipinski definition) is 1. The molecule has 2 saturated heterocycles. The van der Waals surface area contributed by atoms with Gasteiger partial charge in [-0.05, 0) is 38.3 Å². The van der Waals surface area contributed by atoms with E-state index in [4.69, 9.17) is 0 Å². The number of fused-ring (bicyclic) bond motifs is 4. The molecule has 1 aromatic rings. The summed E-state index contributed by atoms with van der Waals surface area (Å²) in [6.45, 7) is 4.09. The third-order valence-corrected chi connectivity index (χ3v) is 5.84. The fraction of sp³-hybridized carbons (Fsp3) is 0.500. The average molecular weight is 372 g/mol. The average Bonchev–Trinajstić information content (AvgIpc) is 3.09. The van der Waals surface area contributed by atoms with E-state index in [1.54, 1.807) is 19.9 Å². The predicted molar refractivity (Wildman–Crippen MR) is 95.1 cm³/mol. The Hall–Kier alpha value is -2.97. The summed E-state index contributed by atoms with van der Waals surface area (Å²) in [6.07, 6.45) is 1.50. The fourth-order valence-corrected chi connectivity index (χ4v) is 4.68. The van der Waals surface area contributed by atoms with Crippen LogP contribution in [0.3, 0.4) is 0 Å². The molecular formula is C18H20N4O5. The first kappa shape index (κ1) is 17.4. The minimum absolute atomic E-state index is 0.0480. The molecule has 142 valence electrons. The highest BCUT2D eigenvalue weighted by atomic mass is 16.6. The lowest BCUT2D eigenvalue weighted by Crippen LogP contribution is -2.72. The van der Waals surface area contributed by atoms with Crippen LogP contribution in [0.15, 0.2) is 18.2 Å². The van der Waals surface area contributed by atoms with Gasteiger partial charge in [0.05, 0.1) is 11.0 Å². The van der Waals surface area contributed by atoms with Crippen molar-refractivity contribution in [3.8, 4) is 0 Å². The molecule has 0 aliphatic carbocycles. The lowest BCUT2D eigenvalue weighted by atomic mass is 9.68. The summed E-state index contributed by atoms with van der Waals surface area (Å²) in [7, 11) is 0. The van der Waals surface area contributed by atoms with Gasteiger partial charge in [-0.25, -0.2) is 4.79 Å². The molecule has 3 aliphatic rings. The topological polar surface area (TPSA) is 113 Å². The number of barbiturate groups is 1. The van der Waals surface area contributed by atoms with Crippen molar-refractivity contribution in [3.63, 3.8) is 0 Å². The second kappa shape index (κ2) is 5.77. The van der Waals surface area contributed by atoms with Crippen LogP contribution in [0, 0.1) is 15.5 Å². The second-order valence-corrected chi connectivity index (χ2v) is 7.60. The minimum Gasteiger partial charge on any atom is -0.367 e. The highest BCUT2D eigenvalue weighted by molar-refractivity contribution is 6.20. The van der Waals surface area contributed by atoms with Gasteiger partial charge in [0, 0.05) is 36.8 Å². The molecule has 4 rings (SSSR count). The Labute approximate surface area is 155 Å². The molecule has 0 radical (unpaired) electrons. The molecule has 3 aliphatic heterocycles. The largest absolute Gasteiger partial charge is 0.367 e. The number of nitrogens with zero attached hydrogens (tertiary/aromatic N) is 3. The van der Waals surface area contributed by atoms with Crippen molar-refractivity contribution in [2.24, 2.45) is 5.41 Å². The molecule has 9 nitrogen and oxygen atoms in total. The number of imide groups is 2. The molecule has 2 atom stereocenters. The number of nitro groups is 1. The first-order valence-corrected chi connectivity index (χ1v) is 9.00. The van der Waals surface area contributed by atoms with Crippen LogP contribution in [0.1, 0.15) is 32.3 Å². The summed E-state index contributed by atoms with van der Waals surface area (Å²) in [5, 5.41) is 13.5. The SMILES string of the molecule is CC(C)N1C(=O)NC(=O)C2(Cc3cc([N+](=O)[O-])ccc3N3CCCC32)C1=O. The van der Waals surface area contributed by atoms with E-state index in [1.165, 1.54) is 12.1 Å². The number of amides is 4. The number of hydrogen-bond acceptors (Lipinski definition) is 6. The fourth-order valence-electron chi connectivity index (χ4n) is 4.68. The van der Waals surface area contributed by atoms with Crippen LogP contribution in [-0.2, 0) is 16.0 Å². The molecule has 1 N–H and O–H groups in total. The van der Waals surface area contributed by atoms with E-state index < -0.39 is 34.2 Å². The van der Waals surface area contributed by atoms with Crippen molar-refractivity contribution >= 4 is 29.2 Å². The van der Waals surface area contributed by atoms with Gasteiger partial charge in [-0.15, -0.1) is 0 Å². The Bertz CT molecular complexity index is 883. The van der Waals surface area contributed by atoms with E-state index in [0.29, 0.717) is 18.5 Å². The Balaban J connectivity index is 1.88. The van der Waals surface area contributed by atoms with E-state index >= 15 is 0 Å². The van der Waals surface area contributed by atoms with Gasteiger partial charge in [0.1, 0.15) is 0 Å². The molecule has 0 aromatic heterocycles. The summed E-state index contributed by atoms with van der Waals surface area (Å²) in [6, 6.07) is 3.09. The Morgan fingerprint density at radius 2 is 2.04 bits per heavy atom. The lowest BCUT2D eigenvalue weighted by Gasteiger charge is -2.50. The summed E-state index contributed by atoms with van der Waals surface area (Å²) in [5.74, 6) is -1.12. The van der Waals surface area contributed by atoms with Gasteiger partial charge in [-0.1, -0.05) is 0 Å². The molecule has 2 unspecified atom stereocenters. The van der Waals surface area contributed by atoms with Crippen molar-refractivity contribution in [2.75, 3.05) is 11.4 Å². The van der Waals surface area contributed by atoms with E-state index in [-0.39, 0.29) is 18.2 Å². The number of non-ortho nitro benzene ring substituents is 1. The van der Waals surface area contributed by atoms with Gasteiger partial charge >= 0.3 is 6.03 Å². The maximum absolute atomic E-state index is 13.4. The monoisotopic (exact) mass is 372 g/mol. The van der Waals surface area contributed by atoms with Gasteiger partial charge in [0.2, 0.25) is 11.8 Å². The van der Waals surface area contributed by atoms with Crippen molar-refractivity contribution in [1.82, 2.24) is 10.2 Å². The van der Waals surface area contributed by atoms with Crippen LogP contribution in [0.5, 0.6) is 0 Å². The summed E-state index contributed by atoms with van der Waals surface area (Å²) in [5.41, 5.74) is -0.120. The van der Waals surface area contributed by atoms with Gasteiger partial charge in [0.25, 0.3) is 5.69 Å². The van der Waals surface area contributed by atoms with Crippen LogP contribution in [0.25, 0.3) is 0 Å². The Morgan fingerprint density at radius 3 is 2.70 bits per heavy atom. The maximum atomic E-state index is 13.4. The summed E-state index contributed by atoms with van der Waals surface area (Å²) in [4.78, 5) is 52.4. The van der Waals surface area contributed by atoms with E-state index in [2.05, 4.69) is 5.32 Å². The molecule has 3 heterocycles. The molecule has 4 amide bonds. The Morgan fingerprint density at radius 1 is 1.30 bits per heavy atom. The lowest BCUT2D eigenvalue weighted by molar-refractivity contribution is -0.384. The van der Waals surface area contributed by atoms with Crippen LogP contribution in [0.2, 0.25) is 0 Å². The van der Waals surface area contributed by atoms with E-state index in [1.807, 2.05) is 4.90 Å². The van der Waals surface area contributed by atoms with Crippen LogP contribution in [0.4, 0.5) is 16.2 Å². The highest BCUT2D eigenvalue weighted by Gasteiger charge is 2.63. The summed E-state index contributed by atoms with van der Waals surface area (Å²) < 4.78 is 0. The quantitative estimate of drug-likeness (QED) is 0.479. The van der Waals surface area contributed by atoms with Crippen LogP contribution in [-0.4, -0.2) is 46.3 Å². The first-order chi connectivity index (χ1) is 12.8. The van der Waals surface area contributed by atoms with E-state index in [9.17, 15) is 24.5 Å². The zero-order chi connectivity index (χ0) is 19.5. The number of anilines is 1. The van der Waals surface area contributed by atoms with Crippen molar-refractivity contribution in [3.05, 3.63) is 33.9 Å². The van der Waals surface area contributed by atoms with Crippen LogP contribution >= 0.6 is 0 Å². The van der Waals surface area contributed by atoms with E-state index in [0.717, 1.165) is 17.0 Å². The molecule has 0 saturated carbocycles. The van der Waals surface area contributed by atoms with Gasteiger partial charge < -0.3 is 4.90 Å². The van der Waals surface area contributed by atoms with Gasteiger partial charge in [-0.3, -0.25) is 29.9 Å². The molecular weight excluding hydrogens is 352 g/mol. The minimum atomic E-state index is -1.45. The zero-order valence-electron chi connectivity index (χ0n) is 15.1. The highest BCUT2D eigenvalue weighted by Crippen LogP contribution is 2.49. The number of nitrogens with one attached hydrogen (secondary N) is 1. The number of carbonyl (C=O) groups excluding carboxylic acids is 3. The predicted octanol–water partition coefficient (Wildman–Crippen LogP) is 1.59. The molecule has 0 bridgehead atoms. The first-order valence-electron chi connectivity index (χ1n) is 9.00. The molecule has 1 aromatic carbocycles. The maximum Gasteiger partial charge on any atom is 0.331 e. The van der Waals surface area contributed by atoms with Gasteiger partial charge in [-0.2, -0.15) is 0 Å². The number of carbonyl (C=O) groups is 3. The van der Waals surface area contributed by atoms with Crippen molar-refractivity contribution in [2.45, 2.75) is 45.2 Å². The van der Waals surface area contributed by atoms with Crippen LogP contribution < -0.4 is 10.2 Å². The third kappa shape index (κ3) is 2.27. The normalized spacial score (nSPS) is 27.1. The number of nitro benzene ring substituents is 1. The third-order valence-electron chi connectivity index (χ3n) is 5.84. The van der Waals surface area contributed by atoms with Crippen molar-refractivity contribution < 1.29 is 19.3 Å². The van der Waals surface area contributed by atoms with Crippen molar-refractivity contribution in [1.29, 1.82) is 0 Å². The Kier molecular flexibility index (Phi) is 3.72. The summed E-state index contributed by atoms with van der Waals surface area (Å²) >= 11 is 0. The molecule has 1 spiro atoms. The number of benzene rings is 1. The smallest absolute Gasteiger partial charge is 0.331 e. The second-order valence-electron chi connectivity index (χ2n) is 7.60. The van der Waals surface area contributed by atoms with Gasteiger partial charge in [0.15, 0.2) is 5.41 Å².